The van der Waals surface area contributed by atoms with E-state index < -0.39 is 11.6 Å². The largest absolute Gasteiger partial charge is 0.371 e. The van der Waals surface area contributed by atoms with Crippen LogP contribution in [-0.2, 0) is 0 Å². The summed E-state index contributed by atoms with van der Waals surface area (Å²) in [5.74, 6) is -0.960. The average molecular weight is 242 g/mol. The van der Waals surface area contributed by atoms with Gasteiger partial charge in [0.05, 0.1) is 0 Å². The van der Waals surface area contributed by atoms with Gasteiger partial charge in [-0.1, -0.05) is 0 Å². The number of nitrogens with zero attached hydrogens (tertiary/aromatic N) is 3. The molecule has 17 heavy (non-hydrogen) atoms. The highest BCUT2D eigenvalue weighted by Crippen LogP contribution is 2.22. The van der Waals surface area contributed by atoms with Crippen LogP contribution in [0.25, 0.3) is 0 Å². The van der Waals surface area contributed by atoms with E-state index in [0.29, 0.717) is 13.1 Å². The molecule has 6 heteroatoms. The minimum atomic E-state index is -0.664. The highest BCUT2D eigenvalue weighted by Gasteiger charge is 2.20. The molecular weight excluding hydrogens is 226 g/mol. The molecule has 1 aromatic rings. The number of nitrogens with one attached hydrogen (secondary N) is 1. The fourth-order valence-corrected chi connectivity index (χ4v) is 1.87. The summed E-state index contributed by atoms with van der Waals surface area (Å²) in [6, 6.07) is 0.881. The molecule has 0 spiro atoms. The maximum Gasteiger partial charge on any atom is 0.168 e. The van der Waals surface area contributed by atoms with Gasteiger partial charge in [0.1, 0.15) is 0 Å². The minimum Gasteiger partial charge on any atom is -0.371 e. The molecule has 0 radical (unpaired) electrons. The summed E-state index contributed by atoms with van der Waals surface area (Å²) in [6.07, 6.45) is 0. The third-order valence-corrected chi connectivity index (χ3v) is 2.95. The smallest absolute Gasteiger partial charge is 0.168 e. The third kappa shape index (κ3) is 2.46. The second kappa shape index (κ2) is 4.83. The van der Waals surface area contributed by atoms with Crippen LogP contribution in [0.15, 0.2) is 6.07 Å². The van der Waals surface area contributed by atoms with Crippen LogP contribution >= 0.6 is 0 Å². The van der Waals surface area contributed by atoms with Crippen molar-refractivity contribution < 1.29 is 8.78 Å². The molecule has 0 aromatic carbocycles. The van der Waals surface area contributed by atoms with Gasteiger partial charge in [-0.15, -0.1) is 0 Å². The number of rotatable bonds is 2. The zero-order chi connectivity index (χ0) is 12.4. The Morgan fingerprint density at radius 1 is 1.18 bits per heavy atom. The van der Waals surface area contributed by atoms with E-state index >= 15 is 0 Å². The second-order valence-electron chi connectivity index (χ2n) is 4.16. The Kier molecular flexibility index (Phi) is 3.42. The fraction of sp³-hybridized carbons (Fsp3) is 0.545. The first-order valence-corrected chi connectivity index (χ1v) is 5.59. The summed E-state index contributed by atoms with van der Waals surface area (Å²) in [5, 5.41) is 2.62. The summed E-state index contributed by atoms with van der Waals surface area (Å²) in [6.45, 7) is 3.12. The van der Waals surface area contributed by atoms with Crippen LogP contribution < -0.4 is 10.2 Å². The van der Waals surface area contributed by atoms with Crippen LogP contribution in [-0.4, -0.2) is 50.2 Å². The van der Waals surface area contributed by atoms with Crippen molar-refractivity contribution in [1.29, 1.82) is 0 Å². The van der Waals surface area contributed by atoms with Crippen LogP contribution in [0.4, 0.5) is 20.4 Å². The van der Waals surface area contributed by atoms with Crippen molar-refractivity contribution in [2.24, 2.45) is 0 Å². The Morgan fingerprint density at radius 2 is 1.82 bits per heavy atom. The van der Waals surface area contributed by atoms with Gasteiger partial charge in [-0.25, -0.2) is 13.8 Å². The van der Waals surface area contributed by atoms with Crippen LogP contribution in [0.1, 0.15) is 0 Å². The summed E-state index contributed by atoms with van der Waals surface area (Å²) in [7, 11) is 3.59. The molecule has 2 heterocycles. The van der Waals surface area contributed by atoms with Crippen molar-refractivity contribution in [3.8, 4) is 0 Å². The third-order valence-electron chi connectivity index (χ3n) is 2.95. The molecule has 1 aliphatic heterocycles. The summed E-state index contributed by atoms with van der Waals surface area (Å²) >= 11 is 0. The molecule has 0 aliphatic carbocycles. The van der Waals surface area contributed by atoms with Gasteiger partial charge >= 0.3 is 0 Å². The standard InChI is InChI=1S/C11H16F2N4/c1-14-10-8(12)7-9(13)11(15-10)17-5-3-16(2)4-6-17/h7H,3-6H2,1-2H3,(H,14,15). The number of likely N-dealkylation sites (N-methyl/N-ethyl adjacent to an activating group) is 1. The van der Waals surface area contributed by atoms with Gasteiger partial charge in [-0.2, -0.15) is 0 Å². The van der Waals surface area contributed by atoms with Gasteiger partial charge in [-0.3, -0.25) is 0 Å². The predicted octanol–water partition coefficient (Wildman–Crippen LogP) is 1.15. The van der Waals surface area contributed by atoms with E-state index in [9.17, 15) is 8.78 Å². The maximum atomic E-state index is 13.7. The van der Waals surface area contributed by atoms with Crippen molar-refractivity contribution in [1.82, 2.24) is 9.88 Å². The number of piperazine rings is 1. The average Bonchev–Trinajstić information content (AvgIpc) is 2.31. The lowest BCUT2D eigenvalue weighted by atomic mass is 10.3. The van der Waals surface area contributed by atoms with Crippen LogP contribution in [0.5, 0.6) is 0 Å². The number of anilines is 2. The van der Waals surface area contributed by atoms with Gasteiger partial charge in [0, 0.05) is 39.3 Å². The summed E-state index contributed by atoms with van der Waals surface area (Å²) < 4.78 is 26.9. The van der Waals surface area contributed by atoms with Crippen molar-refractivity contribution >= 4 is 11.6 Å². The maximum absolute atomic E-state index is 13.7. The minimum absolute atomic E-state index is 0.0836. The Morgan fingerprint density at radius 3 is 2.41 bits per heavy atom. The number of hydrogen-bond acceptors (Lipinski definition) is 4. The zero-order valence-electron chi connectivity index (χ0n) is 10.0. The first-order chi connectivity index (χ1) is 8.11. The van der Waals surface area contributed by atoms with E-state index in [-0.39, 0.29) is 11.6 Å². The molecule has 0 amide bonds. The van der Waals surface area contributed by atoms with Crippen molar-refractivity contribution in [3.05, 3.63) is 17.7 Å². The molecule has 1 aliphatic rings. The SMILES string of the molecule is CNc1nc(N2CCN(C)CC2)c(F)cc1F. The van der Waals surface area contributed by atoms with E-state index in [1.165, 1.54) is 0 Å². The molecule has 94 valence electrons. The summed E-state index contributed by atoms with van der Waals surface area (Å²) in [4.78, 5) is 7.99. The molecular formula is C11H16F2N4. The number of halogens is 2. The molecule has 0 bridgehead atoms. The van der Waals surface area contributed by atoms with E-state index in [4.69, 9.17) is 0 Å². The van der Waals surface area contributed by atoms with Crippen LogP contribution in [0.3, 0.4) is 0 Å². The lowest BCUT2D eigenvalue weighted by Crippen LogP contribution is -2.45. The Labute approximate surface area is 99.2 Å². The predicted molar refractivity (Wildman–Crippen MR) is 63.4 cm³/mol. The Balaban J connectivity index is 2.25. The highest BCUT2D eigenvalue weighted by molar-refractivity contribution is 5.49. The Bertz CT molecular complexity index is 403. The monoisotopic (exact) mass is 242 g/mol. The lowest BCUT2D eigenvalue weighted by molar-refractivity contribution is 0.310. The van der Waals surface area contributed by atoms with Crippen molar-refractivity contribution in [2.45, 2.75) is 0 Å². The molecule has 1 saturated heterocycles. The second-order valence-corrected chi connectivity index (χ2v) is 4.16. The van der Waals surface area contributed by atoms with Gasteiger partial charge in [-0.05, 0) is 7.05 Å². The molecule has 0 saturated carbocycles. The lowest BCUT2D eigenvalue weighted by Gasteiger charge is -2.33. The van der Waals surface area contributed by atoms with E-state index in [0.717, 1.165) is 19.2 Å². The Hall–Kier alpha value is -1.43. The van der Waals surface area contributed by atoms with Gasteiger partial charge < -0.3 is 15.1 Å². The van der Waals surface area contributed by atoms with Gasteiger partial charge in [0.25, 0.3) is 0 Å². The highest BCUT2D eigenvalue weighted by atomic mass is 19.1. The molecule has 2 rings (SSSR count). The van der Waals surface area contributed by atoms with Gasteiger partial charge in [0.2, 0.25) is 0 Å². The molecule has 1 fully saturated rings. The first-order valence-electron chi connectivity index (χ1n) is 5.59. The number of hydrogen-bond donors (Lipinski definition) is 1. The topological polar surface area (TPSA) is 31.4 Å². The van der Waals surface area contributed by atoms with E-state index in [1.807, 2.05) is 11.9 Å². The molecule has 0 unspecified atom stereocenters. The van der Waals surface area contributed by atoms with E-state index in [1.54, 1.807) is 7.05 Å². The normalized spacial score (nSPS) is 17.3. The van der Waals surface area contributed by atoms with Crippen molar-refractivity contribution in [2.75, 3.05) is 50.5 Å². The summed E-state index contributed by atoms with van der Waals surface area (Å²) in [5.41, 5.74) is 0. The van der Waals surface area contributed by atoms with E-state index in [2.05, 4.69) is 15.2 Å². The van der Waals surface area contributed by atoms with Crippen LogP contribution in [0.2, 0.25) is 0 Å². The fourth-order valence-electron chi connectivity index (χ4n) is 1.87. The quantitative estimate of drug-likeness (QED) is 0.843. The molecule has 0 atom stereocenters. The molecule has 1 N–H and O–H groups in total. The number of pyridine rings is 1. The van der Waals surface area contributed by atoms with Crippen molar-refractivity contribution in [3.63, 3.8) is 0 Å². The molecule has 1 aromatic heterocycles. The van der Waals surface area contributed by atoms with Crippen LogP contribution in [0, 0.1) is 11.6 Å². The number of aromatic nitrogens is 1. The van der Waals surface area contributed by atoms with Gasteiger partial charge in [0.15, 0.2) is 23.3 Å². The molecule has 4 nitrogen and oxygen atoms in total. The first kappa shape index (κ1) is 12.0. The zero-order valence-corrected chi connectivity index (χ0v) is 10.0.